The Labute approximate surface area is 153 Å². The van der Waals surface area contributed by atoms with Gasteiger partial charge in [-0.2, -0.15) is 5.10 Å². The van der Waals surface area contributed by atoms with Gasteiger partial charge in [0.2, 0.25) is 0 Å². The molecule has 0 saturated carbocycles. The van der Waals surface area contributed by atoms with Crippen molar-refractivity contribution in [3.8, 4) is 11.3 Å². The van der Waals surface area contributed by atoms with Gasteiger partial charge in [0.05, 0.1) is 22.4 Å². The van der Waals surface area contributed by atoms with Crippen molar-refractivity contribution >= 4 is 23.6 Å². The van der Waals surface area contributed by atoms with E-state index < -0.39 is 10.9 Å². The molecule has 0 bridgehead atoms. The Kier molecular flexibility index (Phi) is 4.98. The number of non-ortho nitro benzene ring substituents is 1. The summed E-state index contributed by atoms with van der Waals surface area (Å²) in [7, 11) is 0. The number of hydrogen-bond acceptors (Lipinski definition) is 6. The highest BCUT2D eigenvalue weighted by Crippen LogP contribution is 2.26. The fraction of sp³-hybridized carbons (Fsp3) is 0.0526. The van der Waals surface area contributed by atoms with Gasteiger partial charge in [-0.1, -0.05) is 6.07 Å². The van der Waals surface area contributed by atoms with Gasteiger partial charge >= 0.3 is 5.97 Å². The predicted octanol–water partition coefficient (Wildman–Crippen LogP) is 4.31. The first kappa shape index (κ1) is 17.9. The highest BCUT2D eigenvalue weighted by Gasteiger charge is 2.11. The summed E-state index contributed by atoms with van der Waals surface area (Å²) in [5, 5.41) is 23.8. The summed E-state index contributed by atoms with van der Waals surface area (Å²) in [4.78, 5) is 21.3. The zero-order valence-corrected chi connectivity index (χ0v) is 14.2. The Morgan fingerprint density at radius 3 is 2.59 bits per heavy atom. The molecule has 0 unspecified atom stereocenters. The molecule has 3 rings (SSSR count). The van der Waals surface area contributed by atoms with Crippen molar-refractivity contribution in [2.24, 2.45) is 5.10 Å². The molecule has 0 atom stereocenters. The Bertz CT molecular complexity index is 1020. The van der Waals surface area contributed by atoms with Crippen molar-refractivity contribution in [2.45, 2.75) is 6.92 Å². The van der Waals surface area contributed by atoms with Crippen LogP contribution in [-0.4, -0.2) is 22.2 Å². The van der Waals surface area contributed by atoms with E-state index in [1.165, 1.54) is 18.3 Å². The third-order valence-electron chi connectivity index (χ3n) is 3.84. The number of aryl methyl sites for hydroxylation is 1. The number of carbonyl (C=O) groups is 1. The summed E-state index contributed by atoms with van der Waals surface area (Å²) < 4.78 is 5.70. The van der Waals surface area contributed by atoms with Crippen LogP contribution in [0.5, 0.6) is 0 Å². The number of anilines is 1. The second kappa shape index (κ2) is 7.52. The minimum absolute atomic E-state index is 0.000771. The van der Waals surface area contributed by atoms with Crippen molar-refractivity contribution in [1.82, 2.24) is 0 Å². The number of nitro benzene ring substituents is 1. The molecule has 2 aromatic carbocycles. The number of benzene rings is 2. The Balaban J connectivity index is 1.72. The van der Waals surface area contributed by atoms with Gasteiger partial charge in [0.15, 0.2) is 0 Å². The van der Waals surface area contributed by atoms with Gasteiger partial charge in [-0.25, -0.2) is 4.79 Å². The average molecular weight is 365 g/mol. The largest absolute Gasteiger partial charge is 0.478 e. The van der Waals surface area contributed by atoms with Crippen molar-refractivity contribution < 1.29 is 19.2 Å². The van der Waals surface area contributed by atoms with Crippen molar-refractivity contribution in [3.05, 3.63) is 81.6 Å². The summed E-state index contributed by atoms with van der Waals surface area (Å²) in [6.07, 6.45) is 1.46. The molecule has 2 N–H and O–H groups in total. The Morgan fingerprint density at radius 2 is 1.93 bits per heavy atom. The number of rotatable bonds is 6. The molecule has 3 aromatic rings. The number of nitrogens with one attached hydrogen (secondary N) is 1. The van der Waals surface area contributed by atoms with Gasteiger partial charge in [-0.05, 0) is 48.9 Å². The lowest BCUT2D eigenvalue weighted by atomic mass is 10.0. The summed E-state index contributed by atoms with van der Waals surface area (Å²) in [5.74, 6) is 0.00353. The first-order valence-corrected chi connectivity index (χ1v) is 7.92. The molecule has 8 nitrogen and oxygen atoms in total. The van der Waals surface area contributed by atoms with E-state index >= 15 is 0 Å². The summed E-state index contributed by atoms with van der Waals surface area (Å²) in [5.41, 5.74) is 5.11. The van der Waals surface area contributed by atoms with Crippen LogP contribution in [0.1, 0.15) is 21.7 Å². The maximum absolute atomic E-state index is 11.1. The summed E-state index contributed by atoms with van der Waals surface area (Å²) in [6, 6.07) is 14.1. The third kappa shape index (κ3) is 4.18. The van der Waals surface area contributed by atoms with Gasteiger partial charge in [0.1, 0.15) is 11.5 Å². The number of nitrogens with zero attached hydrogens (tertiary/aromatic N) is 2. The van der Waals surface area contributed by atoms with Crippen molar-refractivity contribution in [2.75, 3.05) is 5.43 Å². The SMILES string of the molecule is Cc1ccc(C(=O)O)cc1-c1ccc(/C=N/Nc2ccc([N+](=O)[O-])cc2)o1. The standard InChI is InChI=1S/C19H15N3O5/c1-12-2-3-13(19(23)24)10-17(12)18-9-8-16(27-18)11-20-21-14-4-6-15(7-5-14)22(25)26/h2-11,21H,1H3,(H,23,24)/b20-11+. The van der Waals surface area contributed by atoms with Crippen LogP contribution in [0.3, 0.4) is 0 Å². The molecule has 0 radical (unpaired) electrons. The smallest absolute Gasteiger partial charge is 0.335 e. The maximum atomic E-state index is 11.1. The zero-order valence-electron chi connectivity index (χ0n) is 14.2. The van der Waals surface area contributed by atoms with Crippen LogP contribution in [0.2, 0.25) is 0 Å². The molecule has 0 saturated heterocycles. The van der Waals surface area contributed by atoms with Crippen LogP contribution in [-0.2, 0) is 0 Å². The number of carboxylic acid groups (broad SMARTS) is 1. The normalized spacial score (nSPS) is 10.9. The van der Waals surface area contributed by atoms with Crippen LogP contribution in [0.4, 0.5) is 11.4 Å². The van der Waals surface area contributed by atoms with Gasteiger partial charge < -0.3 is 9.52 Å². The minimum atomic E-state index is -1.00. The number of aromatic carboxylic acids is 1. The highest BCUT2D eigenvalue weighted by molar-refractivity contribution is 5.89. The zero-order chi connectivity index (χ0) is 19.4. The van der Waals surface area contributed by atoms with Gasteiger partial charge in [0, 0.05) is 17.7 Å². The highest BCUT2D eigenvalue weighted by atomic mass is 16.6. The van der Waals surface area contributed by atoms with Crippen molar-refractivity contribution in [1.29, 1.82) is 0 Å². The van der Waals surface area contributed by atoms with E-state index in [9.17, 15) is 14.9 Å². The predicted molar refractivity (Wildman–Crippen MR) is 100 cm³/mol. The van der Waals surface area contributed by atoms with E-state index in [1.54, 1.807) is 42.5 Å². The van der Waals surface area contributed by atoms with Gasteiger partial charge in [0.25, 0.3) is 5.69 Å². The first-order chi connectivity index (χ1) is 12.9. The number of nitro groups is 1. The molecule has 0 aliphatic rings. The van der Waals surface area contributed by atoms with Crippen LogP contribution < -0.4 is 5.43 Å². The third-order valence-corrected chi connectivity index (χ3v) is 3.84. The van der Waals surface area contributed by atoms with E-state index in [0.717, 1.165) is 5.56 Å². The van der Waals surface area contributed by atoms with E-state index in [1.807, 2.05) is 6.92 Å². The van der Waals surface area contributed by atoms with Crippen LogP contribution in [0.25, 0.3) is 11.3 Å². The molecule has 27 heavy (non-hydrogen) atoms. The molecule has 0 amide bonds. The fourth-order valence-corrected chi connectivity index (χ4v) is 2.42. The fourth-order valence-electron chi connectivity index (χ4n) is 2.42. The van der Waals surface area contributed by atoms with E-state index in [-0.39, 0.29) is 11.3 Å². The average Bonchev–Trinajstić information content (AvgIpc) is 3.11. The lowest BCUT2D eigenvalue weighted by Crippen LogP contribution is -1.96. The molecule has 0 spiro atoms. The van der Waals surface area contributed by atoms with Crippen molar-refractivity contribution in [3.63, 3.8) is 0 Å². The topological polar surface area (TPSA) is 118 Å². The number of furan rings is 1. The quantitative estimate of drug-likeness (QED) is 0.382. The van der Waals surface area contributed by atoms with E-state index in [2.05, 4.69) is 10.5 Å². The molecule has 8 heteroatoms. The second-order valence-corrected chi connectivity index (χ2v) is 5.71. The molecule has 136 valence electrons. The Hall–Kier alpha value is -3.94. The van der Waals surface area contributed by atoms with Crippen LogP contribution in [0.15, 0.2) is 64.1 Å². The summed E-state index contributed by atoms with van der Waals surface area (Å²) >= 11 is 0. The monoisotopic (exact) mass is 365 g/mol. The number of hydrazone groups is 1. The molecule has 1 heterocycles. The molecular weight excluding hydrogens is 350 g/mol. The lowest BCUT2D eigenvalue weighted by molar-refractivity contribution is -0.384. The maximum Gasteiger partial charge on any atom is 0.335 e. The van der Waals surface area contributed by atoms with E-state index in [0.29, 0.717) is 22.8 Å². The molecule has 0 fully saturated rings. The molecule has 0 aliphatic heterocycles. The van der Waals surface area contributed by atoms with Gasteiger partial charge in [-0.3, -0.25) is 15.5 Å². The molecule has 1 aromatic heterocycles. The van der Waals surface area contributed by atoms with Crippen LogP contribution >= 0.6 is 0 Å². The first-order valence-electron chi connectivity index (χ1n) is 7.92. The van der Waals surface area contributed by atoms with Crippen LogP contribution in [0, 0.1) is 17.0 Å². The lowest BCUT2D eigenvalue weighted by Gasteiger charge is -2.04. The minimum Gasteiger partial charge on any atom is -0.478 e. The molecular formula is C19H15N3O5. The molecule has 0 aliphatic carbocycles. The second-order valence-electron chi connectivity index (χ2n) is 5.71. The Morgan fingerprint density at radius 1 is 1.19 bits per heavy atom. The number of carboxylic acids is 1. The van der Waals surface area contributed by atoms with E-state index in [4.69, 9.17) is 9.52 Å². The number of hydrogen-bond donors (Lipinski definition) is 2. The summed E-state index contributed by atoms with van der Waals surface area (Å²) in [6.45, 7) is 1.87. The van der Waals surface area contributed by atoms with Gasteiger partial charge in [-0.15, -0.1) is 0 Å².